The summed E-state index contributed by atoms with van der Waals surface area (Å²) in [5.41, 5.74) is 1.66. The fraction of sp³-hybridized carbons (Fsp3) is 0.571. The number of carbonyl (C=O) groups excluding carboxylic acids is 3. The quantitative estimate of drug-likeness (QED) is 0.646. The lowest BCUT2D eigenvalue weighted by Crippen LogP contribution is -2.67. The van der Waals surface area contributed by atoms with E-state index in [0.29, 0.717) is 23.4 Å². The summed E-state index contributed by atoms with van der Waals surface area (Å²) in [4.78, 5) is 39.8. The van der Waals surface area contributed by atoms with Crippen LogP contribution in [0.2, 0.25) is 5.02 Å². The first-order valence-electron chi connectivity index (χ1n) is 9.96. The molecular weight excluding hydrogens is 413 g/mol. The van der Waals surface area contributed by atoms with E-state index in [0.717, 1.165) is 5.01 Å². The average Bonchev–Trinajstić information content (AvgIpc) is 2.65. The highest BCUT2D eigenvalue weighted by Crippen LogP contribution is 2.33. The molecule has 0 bridgehead atoms. The number of imide groups is 1. The molecule has 1 aliphatic heterocycles. The monoisotopic (exact) mass is 441 g/mol. The molecule has 2 rings (SSSR count). The van der Waals surface area contributed by atoms with Crippen LogP contribution < -0.4 is 5.43 Å². The van der Waals surface area contributed by atoms with Crippen molar-refractivity contribution in [3.8, 4) is 0 Å². The molecule has 1 aromatic rings. The number of urea groups is 1. The minimum atomic E-state index is -0.778. The summed E-state index contributed by atoms with van der Waals surface area (Å²) in [7, 11) is 0. The first kappa shape index (κ1) is 24.1. The van der Waals surface area contributed by atoms with E-state index in [2.05, 4.69) is 5.43 Å². The second-order valence-corrected chi connectivity index (χ2v) is 8.77. The summed E-state index contributed by atoms with van der Waals surface area (Å²) < 4.78 is 18.9. The van der Waals surface area contributed by atoms with Gasteiger partial charge in [0.05, 0.1) is 12.0 Å². The van der Waals surface area contributed by atoms with Gasteiger partial charge in [0.1, 0.15) is 18.0 Å². The highest BCUT2D eigenvalue weighted by Gasteiger charge is 2.48. The first-order valence-corrected chi connectivity index (χ1v) is 10.3. The Morgan fingerprint density at radius 1 is 1.27 bits per heavy atom. The molecule has 0 spiro atoms. The van der Waals surface area contributed by atoms with Gasteiger partial charge in [-0.2, -0.15) is 5.01 Å². The normalized spacial score (nSPS) is 16.8. The Morgan fingerprint density at radius 3 is 2.47 bits per heavy atom. The number of hydrazine groups is 1. The molecule has 166 valence electrons. The van der Waals surface area contributed by atoms with Gasteiger partial charge in [0.2, 0.25) is 5.91 Å². The van der Waals surface area contributed by atoms with E-state index >= 15 is 0 Å². The second-order valence-electron chi connectivity index (χ2n) is 8.36. The zero-order valence-corrected chi connectivity index (χ0v) is 18.8. The summed E-state index contributed by atoms with van der Waals surface area (Å²) in [5.74, 6) is -1.45. The molecule has 0 radical (unpaired) electrons. The van der Waals surface area contributed by atoms with Crippen molar-refractivity contribution in [1.29, 1.82) is 0 Å². The third kappa shape index (κ3) is 5.49. The number of nitrogens with one attached hydrogen (secondary N) is 1. The van der Waals surface area contributed by atoms with Gasteiger partial charge >= 0.3 is 12.0 Å². The number of halogens is 2. The van der Waals surface area contributed by atoms with E-state index < -0.39 is 34.9 Å². The summed E-state index contributed by atoms with van der Waals surface area (Å²) in [6.45, 7) is 8.69. The Bertz CT molecular complexity index is 821. The minimum Gasteiger partial charge on any atom is -0.459 e. The molecule has 7 nitrogen and oxygen atoms in total. The van der Waals surface area contributed by atoms with Crippen molar-refractivity contribution in [3.05, 3.63) is 34.6 Å². The standard InChI is InChI=1S/C21H29ClFN3O4/c1-6-21(7-2)11-17(27)26(24-12-14-10-15(23)8-9-16(14)22)19(29)25(21)13-18(28)30-20(3,4)5/h8-10,24H,6-7,11-13H2,1-5H3. The Hall–Kier alpha value is -2.19. The van der Waals surface area contributed by atoms with Crippen LogP contribution >= 0.6 is 11.6 Å². The topological polar surface area (TPSA) is 79.0 Å². The molecule has 0 saturated carbocycles. The first-order chi connectivity index (χ1) is 13.9. The van der Waals surface area contributed by atoms with Crippen molar-refractivity contribution < 1.29 is 23.5 Å². The number of ether oxygens (including phenoxy) is 1. The van der Waals surface area contributed by atoms with E-state index in [1.807, 2.05) is 13.8 Å². The van der Waals surface area contributed by atoms with Crippen LogP contribution in [0.25, 0.3) is 0 Å². The largest absolute Gasteiger partial charge is 0.459 e. The highest BCUT2D eigenvalue weighted by molar-refractivity contribution is 6.31. The van der Waals surface area contributed by atoms with Crippen molar-refractivity contribution >= 4 is 29.5 Å². The van der Waals surface area contributed by atoms with Crippen LogP contribution in [0.15, 0.2) is 18.2 Å². The summed E-state index contributed by atoms with van der Waals surface area (Å²) in [6, 6.07) is 3.22. The third-order valence-corrected chi connectivity index (χ3v) is 5.55. The van der Waals surface area contributed by atoms with Crippen molar-refractivity contribution in [1.82, 2.24) is 15.3 Å². The Balaban J connectivity index is 2.24. The van der Waals surface area contributed by atoms with Crippen LogP contribution in [0.3, 0.4) is 0 Å². The average molecular weight is 442 g/mol. The van der Waals surface area contributed by atoms with E-state index in [4.69, 9.17) is 16.3 Å². The maximum atomic E-state index is 13.5. The van der Waals surface area contributed by atoms with Gasteiger partial charge in [-0.3, -0.25) is 9.59 Å². The van der Waals surface area contributed by atoms with Crippen molar-refractivity contribution in [2.24, 2.45) is 0 Å². The predicted octanol–water partition coefficient (Wildman–Crippen LogP) is 4.04. The van der Waals surface area contributed by atoms with Crippen LogP contribution in [0, 0.1) is 5.82 Å². The molecule has 1 N–H and O–H groups in total. The van der Waals surface area contributed by atoms with Gasteiger partial charge in [0.25, 0.3) is 0 Å². The number of benzene rings is 1. The maximum absolute atomic E-state index is 13.5. The SMILES string of the molecule is CCC1(CC)CC(=O)N(NCc2cc(F)ccc2Cl)C(=O)N1CC(=O)OC(C)(C)C. The van der Waals surface area contributed by atoms with E-state index in [1.54, 1.807) is 20.8 Å². The number of rotatable bonds is 7. The third-order valence-electron chi connectivity index (χ3n) is 5.18. The molecule has 1 aliphatic rings. The zero-order chi connectivity index (χ0) is 22.7. The molecule has 0 unspecified atom stereocenters. The molecule has 1 heterocycles. The zero-order valence-electron chi connectivity index (χ0n) is 18.1. The molecule has 3 amide bonds. The van der Waals surface area contributed by atoms with Gasteiger partial charge in [-0.05, 0) is 57.4 Å². The molecule has 0 atom stereocenters. The van der Waals surface area contributed by atoms with Crippen LogP contribution in [0.4, 0.5) is 9.18 Å². The molecule has 30 heavy (non-hydrogen) atoms. The molecule has 9 heteroatoms. The van der Waals surface area contributed by atoms with Gasteiger partial charge in [0, 0.05) is 11.6 Å². The van der Waals surface area contributed by atoms with Gasteiger partial charge < -0.3 is 9.64 Å². The lowest BCUT2D eigenvalue weighted by molar-refractivity contribution is -0.160. The number of nitrogens with zero attached hydrogens (tertiary/aromatic N) is 2. The predicted molar refractivity (Wildman–Crippen MR) is 111 cm³/mol. The minimum absolute atomic E-state index is 0.0282. The van der Waals surface area contributed by atoms with Gasteiger partial charge in [-0.1, -0.05) is 25.4 Å². The van der Waals surface area contributed by atoms with E-state index in [-0.39, 0.29) is 19.5 Å². The Labute approximate surface area is 181 Å². The summed E-state index contributed by atoms with van der Waals surface area (Å²) >= 11 is 6.07. The number of hydrogen-bond acceptors (Lipinski definition) is 5. The van der Waals surface area contributed by atoms with Gasteiger partial charge in [-0.25, -0.2) is 14.6 Å². The Kier molecular flexibility index (Phi) is 7.47. The molecule has 0 aromatic heterocycles. The fourth-order valence-corrected chi connectivity index (χ4v) is 3.69. The summed E-state index contributed by atoms with van der Waals surface area (Å²) in [5, 5.41) is 1.18. The number of esters is 1. The van der Waals surface area contributed by atoms with Crippen molar-refractivity contribution in [2.45, 2.75) is 71.6 Å². The molecule has 1 saturated heterocycles. The van der Waals surface area contributed by atoms with Crippen LogP contribution in [-0.4, -0.2) is 45.5 Å². The smallest absolute Gasteiger partial charge is 0.342 e. The number of amides is 3. The van der Waals surface area contributed by atoms with E-state index in [9.17, 15) is 18.8 Å². The highest BCUT2D eigenvalue weighted by atomic mass is 35.5. The lowest BCUT2D eigenvalue weighted by atomic mass is 9.85. The van der Waals surface area contributed by atoms with Crippen molar-refractivity contribution in [2.75, 3.05) is 6.54 Å². The molecule has 0 aliphatic carbocycles. The van der Waals surface area contributed by atoms with E-state index in [1.165, 1.54) is 23.1 Å². The number of carbonyl (C=O) groups is 3. The van der Waals surface area contributed by atoms with Crippen LogP contribution in [-0.2, 0) is 20.9 Å². The summed E-state index contributed by atoms with van der Waals surface area (Å²) in [6.07, 6.45) is 1.07. The molecular formula is C21H29ClFN3O4. The van der Waals surface area contributed by atoms with Crippen LogP contribution in [0.5, 0.6) is 0 Å². The van der Waals surface area contributed by atoms with Gasteiger partial charge in [-0.15, -0.1) is 0 Å². The lowest BCUT2D eigenvalue weighted by Gasteiger charge is -2.48. The molecule has 1 aromatic carbocycles. The van der Waals surface area contributed by atoms with Crippen molar-refractivity contribution in [3.63, 3.8) is 0 Å². The second kappa shape index (κ2) is 9.31. The Morgan fingerprint density at radius 2 is 1.90 bits per heavy atom. The van der Waals surface area contributed by atoms with Crippen LogP contribution in [0.1, 0.15) is 59.4 Å². The molecule has 1 fully saturated rings. The number of hydrogen-bond donors (Lipinski definition) is 1. The maximum Gasteiger partial charge on any atom is 0.342 e. The fourth-order valence-electron chi connectivity index (χ4n) is 3.51. The van der Waals surface area contributed by atoms with Gasteiger partial charge in [0.15, 0.2) is 0 Å².